The van der Waals surface area contributed by atoms with Gasteiger partial charge in [-0.25, -0.2) is 4.98 Å². The molecule has 2 heterocycles. The van der Waals surface area contributed by atoms with E-state index in [9.17, 15) is 18.0 Å². The number of carboxylic acids is 1. The lowest BCUT2D eigenvalue weighted by molar-refractivity contribution is -0.138. The second-order valence-corrected chi connectivity index (χ2v) is 8.60. The van der Waals surface area contributed by atoms with E-state index in [0.29, 0.717) is 17.9 Å². The molecule has 1 aliphatic rings. The minimum absolute atomic E-state index is 0.00393. The van der Waals surface area contributed by atoms with E-state index in [1.165, 1.54) is 12.3 Å². The Bertz CT molecular complexity index is 1180. The fourth-order valence-electron chi connectivity index (χ4n) is 4.41. The smallest absolute Gasteiger partial charge is 0.416 e. The zero-order chi connectivity index (χ0) is 23.8. The van der Waals surface area contributed by atoms with E-state index in [1.54, 1.807) is 0 Å². The maximum absolute atomic E-state index is 12.9. The van der Waals surface area contributed by atoms with Crippen LogP contribution in [0.15, 0.2) is 42.6 Å². The van der Waals surface area contributed by atoms with Crippen LogP contribution in [0, 0.1) is 6.92 Å². The van der Waals surface area contributed by atoms with Gasteiger partial charge in [0.1, 0.15) is 5.82 Å². The Morgan fingerprint density at radius 1 is 1.12 bits per heavy atom. The molecular weight excluding hydrogens is 433 g/mol. The number of carboxylic acid groups (broad SMARTS) is 1. The number of hydrogen-bond donors (Lipinski definition) is 1. The molecule has 0 bridgehead atoms. The molecule has 1 aliphatic heterocycles. The monoisotopic (exact) mass is 458 g/mol. The molecule has 0 amide bonds. The SMILES string of the molecule is Cc1cc(CC(=O)O)cc(CN2CCN(c3cnc4cc(C(F)(F)F)ccc4n3)[C@@H](C)C2)c1. The number of fused-ring (bicyclic) bond motifs is 1. The van der Waals surface area contributed by atoms with Crippen LogP contribution in [-0.2, 0) is 23.9 Å². The minimum Gasteiger partial charge on any atom is -0.481 e. The van der Waals surface area contributed by atoms with E-state index in [-0.39, 0.29) is 18.0 Å². The number of aliphatic carboxylic acids is 1. The Morgan fingerprint density at radius 3 is 2.58 bits per heavy atom. The molecule has 0 radical (unpaired) electrons. The molecule has 33 heavy (non-hydrogen) atoms. The number of halogens is 3. The average molecular weight is 458 g/mol. The number of aromatic nitrogens is 2. The van der Waals surface area contributed by atoms with Gasteiger partial charge in [-0.3, -0.25) is 14.7 Å². The van der Waals surface area contributed by atoms with E-state index >= 15 is 0 Å². The Morgan fingerprint density at radius 2 is 1.88 bits per heavy atom. The number of anilines is 1. The standard InChI is InChI=1S/C24H25F3N4O2/c1-15-7-17(10-23(32)33)9-18(8-15)14-30-5-6-31(16(2)13-30)22-12-28-21-11-19(24(25,26)27)3-4-20(21)29-22/h3-4,7-9,11-12,16H,5-6,10,13-14H2,1-2H3,(H,32,33)/t16-/m0/s1. The molecular formula is C24H25F3N4O2. The third-order valence-electron chi connectivity index (χ3n) is 5.82. The molecule has 1 fully saturated rings. The van der Waals surface area contributed by atoms with Crippen LogP contribution in [-0.4, -0.2) is 51.6 Å². The minimum atomic E-state index is -4.41. The molecule has 3 aromatic rings. The second-order valence-electron chi connectivity index (χ2n) is 8.60. The summed E-state index contributed by atoms with van der Waals surface area (Å²) in [5.41, 5.74) is 2.83. The summed E-state index contributed by atoms with van der Waals surface area (Å²) in [5.74, 6) is -0.200. The molecule has 0 unspecified atom stereocenters. The van der Waals surface area contributed by atoms with Gasteiger partial charge in [-0.05, 0) is 43.2 Å². The lowest BCUT2D eigenvalue weighted by Crippen LogP contribution is -2.51. The van der Waals surface area contributed by atoms with Crippen LogP contribution < -0.4 is 4.90 Å². The Kier molecular flexibility index (Phi) is 6.25. The van der Waals surface area contributed by atoms with Gasteiger partial charge in [-0.2, -0.15) is 13.2 Å². The van der Waals surface area contributed by atoms with E-state index < -0.39 is 17.7 Å². The zero-order valence-electron chi connectivity index (χ0n) is 18.4. The molecule has 1 aromatic heterocycles. The predicted molar refractivity (Wildman–Crippen MR) is 119 cm³/mol. The zero-order valence-corrected chi connectivity index (χ0v) is 18.4. The fourth-order valence-corrected chi connectivity index (χ4v) is 4.41. The first-order valence-electron chi connectivity index (χ1n) is 10.7. The van der Waals surface area contributed by atoms with Crippen molar-refractivity contribution in [1.82, 2.24) is 14.9 Å². The Balaban J connectivity index is 1.45. The number of piperazine rings is 1. The average Bonchev–Trinajstić information content (AvgIpc) is 2.71. The maximum Gasteiger partial charge on any atom is 0.416 e. The topological polar surface area (TPSA) is 69.6 Å². The third-order valence-corrected chi connectivity index (χ3v) is 5.82. The molecule has 1 saturated heterocycles. The summed E-state index contributed by atoms with van der Waals surface area (Å²) in [6, 6.07) is 9.46. The van der Waals surface area contributed by atoms with Crippen LogP contribution in [0.4, 0.5) is 19.0 Å². The molecule has 0 aliphatic carbocycles. The van der Waals surface area contributed by atoms with Gasteiger partial charge in [0.05, 0.1) is 29.2 Å². The van der Waals surface area contributed by atoms with Crippen molar-refractivity contribution in [2.24, 2.45) is 0 Å². The molecule has 0 spiro atoms. The van der Waals surface area contributed by atoms with E-state index in [0.717, 1.165) is 48.5 Å². The summed E-state index contributed by atoms with van der Waals surface area (Å²) in [5, 5.41) is 9.08. The van der Waals surface area contributed by atoms with Crippen LogP contribution in [0.3, 0.4) is 0 Å². The van der Waals surface area contributed by atoms with Gasteiger partial charge in [0.2, 0.25) is 0 Å². The second kappa shape index (κ2) is 8.97. The highest BCUT2D eigenvalue weighted by atomic mass is 19.4. The quantitative estimate of drug-likeness (QED) is 0.615. The van der Waals surface area contributed by atoms with Crippen LogP contribution in [0.2, 0.25) is 0 Å². The van der Waals surface area contributed by atoms with Crippen molar-refractivity contribution in [3.8, 4) is 0 Å². The van der Waals surface area contributed by atoms with Gasteiger partial charge in [0, 0.05) is 32.2 Å². The summed E-state index contributed by atoms with van der Waals surface area (Å²) in [7, 11) is 0. The van der Waals surface area contributed by atoms with Gasteiger partial charge >= 0.3 is 12.1 Å². The van der Waals surface area contributed by atoms with Gasteiger partial charge in [-0.15, -0.1) is 0 Å². The maximum atomic E-state index is 12.9. The number of benzene rings is 2. The van der Waals surface area contributed by atoms with Crippen LogP contribution in [0.5, 0.6) is 0 Å². The third kappa shape index (κ3) is 5.42. The summed E-state index contributed by atoms with van der Waals surface area (Å²) in [4.78, 5) is 24.3. The lowest BCUT2D eigenvalue weighted by Gasteiger charge is -2.40. The van der Waals surface area contributed by atoms with Crippen LogP contribution in [0.25, 0.3) is 11.0 Å². The first-order valence-corrected chi connectivity index (χ1v) is 10.7. The highest BCUT2D eigenvalue weighted by Gasteiger charge is 2.31. The fraction of sp³-hybridized carbons (Fsp3) is 0.375. The number of aryl methyl sites for hydroxylation is 1. The van der Waals surface area contributed by atoms with Crippen molar-refractivity contribution < 1.29 is 23.1 Å². The van der Waals surface area contributed by atoms with Crippen LogP contribution >= 0.6 is 0 Å². The van der Waals surface area contributed by atoms with Crippen molar-refractivity contribution in [3.63, 3.8) is 0 Å². The number of carbonyl (C=O) groups is 1. The first kappa shape index (κ1) is 23.0. The number of rotatable bonds is 5. The lowest BCUT2D eigenvalue weighted by atomic mass is 10.0. The van der Waals surface area contributed by atoms with Crippen LogP contribution in [0.1, 0.15) is 29.2 Å². The molecule has 4 rings (SSSR count). The van der Waals surface area contributed by atoms with Crippen molar-refractivity contribution in [3.05, 3.63) is 64.8 Å². The highest BCUT2D eigenvalue weighted by molar-refractivity contribution is 5.76. The molecule has 9 heteroatoms. The van der Waals surface area contributed by atoms with E-state index in [4.69, 9.17) is 5.11 Å². The summed E-state index contributed by atoms with van der Waals surface area (Å²) in [6.07, 6.45) is -2.87. The predicted octanol–water partition coefficient (Wildman–Crippen LogP) is 4.29. The van der Waals surface area contributed by atoms with Crippen molar-refractivity contribution in [2.75, 3.05) is 24.5 Å². The summed E-state index contributed by atoms with van der Waals surface area (Å²) in [6.45, 7) is 7.02. The molecule has 2 aromatic carbocycles. The number of alkyl halides is 3. The van der Waals surface area contributed by atoms with E-state index in [2.05, 4.69) is 32.8 Å². The molecule has 0 saturated carbocycles. The molecule has 6 nitrogen and oxygen atoms in total. The van der Waals surface area contributed by atoms with Gasteiger partial charge in [0.25, 0.3) is 0 Å². The number of hydrogen-bond acceptors (Lipinski definition) is 5. The number of nitrogens with zero attached hydrogens (tertiary/aromatic N) is 4. The van der Waals surface area contributed by atoms with Gasteiger partial charge in [-0.1, -0.05) is 23.8 Å². The van der Waals surface area contributed by atoms with Crippen molar-refractivity contribution in [2.45, 2.75) is 39.0 Å². The summed E-state index contributed by atoms with van der Waals surface area (Å²) >= 11 is 0. The van der Waals surface area contributed by atoms with Gasteiger partial charge in [0.15, 0.2) is 0 Å². The van der Waals surface area contributed by atoms with Crippen molar-refractivity contribution >= 4 is 22.8 Å². The first-order chi connectivity index (χ1) is 15.6. The normalized spacial score (nSPS) is 17.5. The van der Waals surface area contributed by atoms with E-state index in [1.807, 2.05) is 19.1 Å². The largest absolute Gasteiger partial charge is 0.481 e. The molecule has 174 valence electrons. The highest BCUT2D eigenvalue weighted by Crippen LogP contribution is 2.31. The summed E-state index contributed by atoms with van der Waals surface area (Å²) < 4.78 is 38.8. The molecule has 1 N–H and O–H groups in total. The Hall–Kier alpha value is -3.20. The van der Waals surface area contributed by atoms with Gasteiger partial charge < -0.3 is 10.0 Å². The van der Waals surface area contributed by atoms with Crippen molar-refractivity contribution in [1.29, 1.82) is 0 Å². The Labute approximate surface area is 189 Å². The molecule has 1 atom stereocenters.